The van der Waals surface area contributed by atoms with Crippen molar-refractivity contribution in [2.24, 2.45) is 11.8 Å². The fraction of sp³-hybridized carbons (Fsp3) is 0.682. The summed E-state index contributed by atoms with van der Waals surface area (Å²) in [4.78, 5) is 1.65. The standard InChI is InChI=1S/C22H35N5/c1-6-22(4,5)27-21(23-24-25-27)20(17(2)3)26-14-12-19(13-15-26)16-18-10-8-7-9-11-18/h7-11,17,19-20H,6,12-16H2,1-5H3/p+1/t20-/m1/s1. The van der Waals surface area contributed by atoms with E-state index in [-0.39, 0.29) is 5.54 Å². The van der Waals surface area contributed by atoms with Gasteiger partial charge in [-0.05, 0) is 61.4 Å². The number of aromatic nitrogens is 4. The summed E-state index contributed by atoms with van der Waals surface area (Å²) in [5, 5.41) is 12.9. The maximum absolute atomic E-state index is 4.50. The molecule has 3 rings (SSSR count). The van der Waals surface area contributed by atoms with Crippen LogP contribution >= 0.6 is 0 Å². The molecule has 1 atom stereocenters. The van der Waals surface area contributed by atoms with Crippen molar-refractivity contribution in [3.05, 3.63) is 41.7 Å². The highest BCUT2D eigenvalue weighted by molar-refractivity contribution is 5.15. The molecule has 5 nitrogen and oxygen atoms in total. The Bertz CT molecular complexity index is 699. The van der Waals surface area contributed by atoms with Gasteiger partial charge in [0.25, 0.3) is 0 Å². The van der Waals surface area contributed by atoms with Gasteiger partial charge in [-0.25, -0.2) is 4.68 Å². The third-order valence-electron chi connectivity index (χ3n) is 6.43. The number of hydrogen-bond donors (Lipinski definition) is 1. The SMILES string of the molecule is CCC(C)(C)n1nnnc1[C@@H](C(C)C)[NH+]1CCC(Cc2ccccc2)CC1. The number of tetrazole rings is 1. The molecule has 27 heavy (non-hydrogen) atoms. The van der Waals surface area contributed by atoms with Crippen LogP contribution in [0.2, 0.25) is 0 Å². The Hall–Kier alpha value is -1.75. The largest absolute Gasteiger partial charge is 0.326 e. The van der Waals surface area contributed by atoms with Gasteiger partial charge in [-0.2, -0.15) is 0 Å². The normalized spacial score (nSPS) is 22.1. The summed E-state index contributed by atoms with van der Waals surface area (Å²) >= 11 is 0. The van der Waals surface area contributed by atoms with Crippen LogP contribution in [0.15, 0.2) is 30.3 Å². The summed E-state index contributed by atoms with van der Waals surface area (Å²) < 4.78 is 2.08. The fourth-order valence-electron chi connectivity index (χ4n) is 4.43. The number of likely N-dealkylation sites (tertiary alicyclic amines) is 1. The Labute approximate surface area is 164 Å². The van der Waals surface area contributed by atoms with Crippen molar-refractivity contribution < 1.29 is 4.90 Å². The van der Waals surface area contributed by atoms with E-state index in [4.69, 9.17) is 0 Å². The first-order valence-corrected chi connectivity index (χ1v) is 10.6. The van der Waals surface area contributed by atoms with Crippen LogP contribution in [-0.2, 0) is 12.0 Å². The van der Waals surface area contributed by atoms with Crippen LogP contribution in [0, 0.1) is 11.8 Å². The van der Waals surface area contributed by atoms with E-state index in [2.05, 4.69) is 85.2 Å². The van der Waals surface area contributed by atoms with E-state index in [1.807, 2.05) is 0 Å². The van der Waals surface area contributed by atoms with Crippen LogP contribution in [0.1, 0.15) is 71.3 Å². The molecule has 0 bridgehead atoms. The van der Waals surface area contributed by atoms with Crippen molar-refractivity contribution in [3.8, 4) is 0 Å². The van der Waals surface area contributed by atoms with E-state index in [0.29, 0.717) is 12.0 Å². The lowest BCUT2D eigenvalue weighted by molar-refractivity contribution is -0.942. The van der Waals surface area contributed by atoms with Crippen LogP contribution in [0.4, 0.5) is 0 Å². The molecule has 1 aromatic carbocycles. The van der Waals surface area contributed by atoms with Gasteiger partial charge >= 0.3 is 0 Å². The molecule has 1 fully saturated rings. The van der Waals surface area contributed by atoms with E-state index < -0.39 is 0 Å². The Morgan fingerprint density at radius 2 is 1.81 bits per heavy atom. The molecule has 2 heterocycles. The summed E-state index contributed by atoms with van der Waals surface area (Å²) in [5.41, 5.74) is 1.43. The molecule has 0 aliphatic carbocycles. The van der Waals surface area contributed by atoms with Gasteiger partial charge in [0.1, 0.15) is 0 Å². The number of nitrogens with one attached hydrogen (secondary N) is 1. The lowest BCUT2D eigenvalue weighted by atomic mass is 9.88. The molecule has 0 spiro atoms. The average Bonchev–Trinajstić information content (AvgIpc) is 3.14. The molecule has 148 valence electrons. The predicted octanol–water partition coefficient (Wildman–Crippen LogP) is 3.05. The van der Waals surface area contributed by atoms with Crippen LogP contribution < -0.4 is 4.90 Å². The third-order valence-corrected chi connectivity index (χ3v) is 6.43. The summed E-state index contributed by atoms with van der Waals surface area (Å²) in [6, 6.07) is 11.3. The maximum atomic E-state index is 4.50. The number of benzene rings is 1. The lowest BCUT2D eigenvalue weighted by Gasteiger charge is -2.37. The zero-order valence-electron chi connectivity index (χ0n) is 17.7. The van der Waals surface area contributed by atoms with Gasteiger partial charge in [-0.1, -0.05) is 51.1 Å². The van der Waals surface area contributed by atoms with E-state index in [0.717, 1.165) is 18.2 Å². The fourth-order valence-corrected chi connectivity index (χ4v) is 4.43. The molecular formula is C22H36N5+. The van der Waals surface area contributed by atoms with Crippen LogP contribution in [-0.4, -0.2) is 33.3 Å². The second-order valence-corrected chi connectivity index (χ2v) is 9.13. The lowest BCUT2D eigenvalue weighted by Crippen LogP contribution is -3.14. The van der Waals surface area contributed by atoms with Crippen LogP contribution in [0.25, 0.3) is 0 Å². The van der Waals surface area contributed by atoms with E-state index in [1.165, 1.54) is 37.9 Å². The number of nitrogens with zero attached hydrogens (tertiary/aromatic N) is 4. The second kappa shape index (κ2) is 8.51. The highest BCUT2D eigenvalue weighted by atomic mass is 15.6. The molecule has 0 radical (unpaired) electrons. The minimum Gasteiger partial charge on any atom is -0.326 e. The van der Waals surface area contributed by atoms with Crippen molar-refractivity contribution in [2.45, 2.75) is 71.9 Å². The maximum Gasteiger partial charge on any atom is 0.210 e. The Morgan fingerprint density at radius 1 is 1.15 bits per heavy atom. The Kier molecular flexibility index (Phi) is 6.30. The minimum absolute atomic E-state index is 0.0446. The molecule has 2 aromatic rings. The van der Waals surface area contributed by atoms with Crippen molar-refractivity contribution in [3.63, 3.8) is 0 Å². The smallest absolute Gasteiger partial charge is 0.210 e. The molecule has 1 saturated heterocycles. The zero-order valence-corrected chi connectivity index (χ0v) is 17.7. The highest BCUT2D eigenvalue weighted by Crippen LogP contribution is 2.25. The van der Waals surface area contributed by atoms with Gasteiger partial charge in [0.2, 0.25) is 5.82 Å². The first-order chi connectivity index (χ1) is 12.9. The third kappa shape index (κ3) is 4.57. The molecule has 1 aromatic heterocycles. The average molecular weight is 371 g/mol. The Balaban J connectivity index is 1.70. The molecule has 0 unspecified atom stereocenters. The molecule has 5 heteroatoms. The van der Waals surface area contributed by atoms with Crippen molar-refractivity contribution in [1.29, 1.82) is 0 Å². The minimum atomic E-state index is -0.0446. The monoisotopic (exact) mass is 370 g/mol. The van der Waals surface area contributed by atoms with Crippen molar-refractivity contribution >= 4 is 0 Å². The summed E-state index contributed by atoms with van der Waals surface area (Å²) in [7, 11) is 0. The van der Waals surface area contributed by atoms with E-state index in [1.54, 1.807) is 4.90 Å². The number of hydrogen-bond acceptors (Lipinski definition) is 3. The Morgan fingerprint density at radius 3 is 2.41 bits per heavy atom. The topological polar surface area (TPSA) is 48.0 Å². The summed E-state index contributed by atoms with van der Waals surface area (Å²) in [6.45, 7) is 13.7. The summed E-state index contributed by atoms with van der Waals surface area (Å²) in [5.74, 6) is 2.38. The first-order valence-electron chi connectivity index (χ1n) is 10.6. The number of rotatable bonds is 7. The summed E-state index contributed by atoms with van der Waals surface area (Å²) in [6.07, 6.45) is 4.80. The first kappa shape index (κ1) is 20.0. The van der Waals surface area contributed by atoms with Gasteiger partial charge in [0.15, 0.2) is 6.04 Å². The quantitative estimate of drug-likeness (QED) is 0.815. The molecule has 1 N–H and O–H groups in total. The van der Waals surface area contributed by atoms with Gasteiger partial charge in [-0.3, -0.25) is 0 Å². The molecular weight excluding hydrogens is 334 g/mol. The molecule has 0 saturated carbocycles. The molecule has 1 aliphatic heterocycles. The van der Waals surface area contributed by atoms with Crippen LogP contribution in [0.5, 0.6) is 0 Å². The number of quaternary nitrogens is 1. The molecule has 1 aliphatic rings. The van der Waals surface area contributed by atoms with Crippen LogP contribution in [0.3, 0.4) is 0 Å². The van der Waals surface area contributed by atoms with Gasteiger partial charge in [0.05, 0.1) is 18.6 Å². The highest BCUT2D eigenvalue weighted by Gasteiger charge is 2.37. The van der Waals surface area contributed by atoms with Crippen molar-refractivity contribution in [1.82, 2.24) is 20.2 Å². The van der Waals surface area contributed by atoms with E-state index >= 15 is 0 Å². The van der Waals surface area contributed by atoms with E-state index in [9.17, 15) is 0 Å². The second-order valence-electron chi connectivity index (χ2n) is 9.13. The molecule has 0 amide bonds. The zero-order chi connectivity index (χ0) is 19.4. The van der Waals surface area contributed by atoms with Gasteiger partial charge in [0, 0.05) is 5.92 Å². The van der Waals surface area contributed by atoms with Gasteiger partial charge in [-0.15, -0.1) is 5.10 Å². The predicted molar refractivity (Wildman–Crippen MR) is 109 cm³/mol. The number of piperidine rings is 1. The van der Waals surface area contributed by atoms with Gasteiger partial charge < -0.3 is 4.90 Å². The van der Waals surface area contributed by atoms with Crippen molar-refractivity contribution in [2.75, 3.05) is 13.1 Å².